The van der Waals surface area contributed by atoms with Crippen molar-refractivity contribution in [2.75, 3.05) is 6.54 Å². The highest BCUT2D eigenvalue weighted by Gasteiger charge is 2.25. The Morgan fingerprint density at radius 3 is 2.81 bits per heavy atom. The Labute approximate surface area is 116 Å². The third-order valence-electron chi connectivity index (χ3n) is 2.92. The maximum atomic E-state index is 12.3. The van der Waals surface area contributed by atoms with E-state index in [1.807, 2.05) is 11.0 Å². The molecule has 0 radical (unpaired) electrons. The van der Waals surface area contributed by atoms with Gasteiger partial charge in [0.25, 0.3) is 5.91 Å². The van der Waals surface area contributed by atoms with Crippen LogP contribution in [0.2, 0.25) is 0 Å². The number of carbonyl (C=O) groups excluding carboxylic acids is 1. The summed E-state index contributed by atoms with van der Waals surface area (Å²) in [6.45, 7) is 3.03. The van der Waals surface area contributed by atoms with Crippen LogP contribution in [0.1, 0.15) is 35.9 Å². The fourth-order valence-corrected chi connectivity index (χ4v) is 3.99. The second kappa shape index (κ2) is 5.19. The van der Waals surface area contributed by atoms with Crippen LogP contribution in [0.15, 0.2) is 14.3 Å². The first-order valence-corrected chi connectivity index (χ1v) is 7.75. The van der Waals surface area contributed by atoms with Crippen molar-refractivity contribution in [3.05, 3.63) is 19.2 Å². The molecule has 0 unspecified atom stereocenters. The number of likely N-dealkylation sites (tertiary alicyclic amines) is 1. The van der Waals surface area contributed by atoms with Gasteiger partial charge >= 0.3 is 0 Å². The highest BCUT2D eigenvalue weighted by molar-refractivity contribution is 9.13. The molecule has 0 N–H and O–H groups in total. The summed E-state index contributed by atoms with van der Waals surface area (Å²) in [6.07, 6.45) is 3.49. The number of halogens is 2. The van der Waals surface area contributed by atoms with Gasteiger partial charge in [-0.2, -0.15) is 0 Å². The maximum Gasteiger partial charge on any atom is 0.264 e. The summed E-state index contributed by atoms with van der Waals surface area (Å²) in [5.74, 6) is 0.170. The minimum absolute atomic E-state index is 0.170. The number of hydrogen-bond acceptors (Lipinski definition) is 2. The van der Waals surface area contributed by atoms with Crippen molar-refractivity contribution >= 4 is 49.1 Å². The predicted molar refractivity (Wildman–Crippen MR) is 74.1 cm³/mol. The monoisotopic (exact) mass is 365 g/mol. The van der Waals surface area contributed by atoms with Crippen molar-refractivity contribution in [2.45, 2.75) is 32.2 Å². The number of thiophene rings is 1. The van der Waals surface area contributed by atoms with Gasteiger partial charge in [0.2, 0.25) is 0 Å². The van der Waals surface area contributed by atoms with E-state index < -0.39 is 0 Å². The molecule has 0 saturated carbocycles. The van der Waals surface area contributed by atoms with Crippen LogP contribution in [-0.2, 0) is 0 Å². The molecule has 16 heavy (non-hydrogen) atoms. The summed E-state index contributed by atoms with van der Waals surface area (Å²) < 4.78 is 1.95. The van der Waals surface area contributed by atoms with Crippen LogP contribution < -0.4 is 0 Å². The molecule has 1 saturated heterocycles. The molecule has 88 valence electrons. The molecule has 5 heteroatoms. The van der Waals surface area contributed by atoms with Gasteiger partial charge in [-0.25, -0.2) is 0 Å². The van der Waals surface area contributed by atoms with Crippen LogP contribution >= 0.6 is 43.2 Å². The van der Waals surface area contributed by atoms with Crippen LogP contribution in [0.4, 0.5) is 0 Å². The van der Waals surface area contributed by atoms with Crippen molar-refractivity contribution in [1.29, 1.82) is 0 Å². The number of carbonyl (C=O) groups is 1. The van der Waals surface area contributed by atoms with Crippen molar-refractivity contribution < 1.29 is 4.79 Å². The summed E-state index contributed by atoms with van der Waals surface area (Å²) in [6, 6.07) is 2.28. The van der Waals surface area contributed by atoms with Gasteiger partial charge in [0.1, 0.15) is 0 Å². The van der Waals surface area contributed by atoms with Crippen LogP contribution in [0, 0.1) is 0 Å². The van der Waals surface area contributed by atoms with E-state index in [4.69, 9.17) is 0 Å². The van der Waals surface area contributed by atoms with Gasteiger partial charge in [-0.05, 0) is 64.1 Å². The average Bonchev–Trinajstić information content (AvgIpc) is 2.59. The number of nitrogens with zero attached hydrogens (tertiary/aromatic N) is 1. The standard InChI is InChI=1S/C11H13Br2NOS/c1-7-4-2-3-5-14(7)11(15)9-6-8(12)10(13)16-9/h6-7H,2-5H2,1H3/t7-/m0/s1. The maximum absolute atomic E-state index is 12.3. The molecular formula is C11H13Br2NOS. The Morgan fingerprint density at radius 2 is 2.25 bits per heavy atom. The van der Waals surface area contributed by atoms with Gasteiger partial charge in [-0.1, -0.05) is 0 Å². The number of amides is 1. The molecule has 2 heterocycles. The van der Waals surface area contributed by atoms with Crippen molar-refractivity contribution in [1.82, 2.24) is 4.90 Å². The van der Waals surface area contributed by atoms with Gasteiger partial charge in [0.05, 0.1) is 8.66 Å². The Bertz CT molecular complexity index is 385. The number of rotatable bonds is 1. The minimum atomic E-state index is 0.170. The SMILES string of the molecule is C[C@H]1CCCCN1C(=O)c1cc(Br)c(Br)s1. The third kappa shape index (κ3) is 2.51. The number of hydrogen-bond donors (Lipinski definition) is 0. The van der Waals surface area contributed by atoms with Gasteiger partial charge in [-0.15, -0.1) is 11.3 Å². The molecule has 0 bridgehead atoms. The highest BCUT2D eigenvalue weighted by Crippen LogP contribution is 2.33. The predicted octanol–water partition coefficient (Wildman–Crippen LogP) is 4.29. The Hall–Kier alpha value is 0.130. The van der Waals surface area contributed by atoms with Crippen LogP contribution in [0.3, 0.4) is 0 Å². The molecule has 0 spiro atoms. The molecule has 2 nitrogen and oxygen atoms in total. The van der Waals surface area contributed by atoms with Crippen LogP contribution in [0.5, 0.6) is 0 Å². The van der Waals surface area contributed by atoms with E-state index in [-0.39, 0.29) is 5.91 Å². The van der Waals surface area contributed by atoms with E-state index in [2.05, 4.69) is 38.8 Å². The normalized spacial score (nSPS) is 21.2. The lowest BCUT2D eigenvalue weighted by Gasteiger charge is -2.33. The summed E-state index contributed by atoms with van der Waals surface area (Å²) in [5.41, 5.74) is 0. The molecule has 1 atom stereocenters. The molecule has 0 aliphatic carbocycles. The largest absolute Gasteiger partial charge is 0.335 e. The lowest BCUT2D eigenvalue weighted by Crippen LogP contribution is -2.41. The van der Waals surface area contributed by atoms with Crippen LogP contribution in [-0.4, -0.2) is 23.4 Å². The molecule has 1 fully saturated rings. The van der Waals surface area contributed by atoms with E-state index in [1.165, 1.54) is 17.8 Å². The van der Waals surface area contributed by atoms with E-state index >= 15 is 0 Å². The lowest BCUT2D eigenvalue weighted by atomic mass is 10.0. The molecule has 1 amide bonds. The second-order valence-electron chi connectivity index (χ2n) is 4.08. The van der Waals surface area contributed by atoms with E-state index in [1.54, 1.807) is 0 Å². The zero-order chi connectivity index (χ0) is 11.7. The topological polar surface area (TPSA) is 20.3 Å². The smallest absolute Gasteiger partial charge is 0.264 e. The van der Waals surface area contributed by atoms with Gasteiger partial charge in [0, 0.05) is 17.1 Å². The zero-order valence-corrected chi connectivity index (χ0v) is 13.0. The highest BCUT2D eigenvalue weighted by atomic mass is 79.9. The quantitative estimate of drug-likeness (QED) is 0.726. The fourth-order valence-electron chi connectivity index (χ4n) is 1.99. The van der Waals surface area contributed by atoms with E-state index in [0.717, 1.165) is 32.5 Å². The van der Waals surface area contributed by atoms with E-state index in [9.17, 15) is 4.79 Å². The first-order chi connectivity index (χ1) is 7.59. The summed E-state index contributed by atoms with van der Waals surface area (Å²) in [7, 11) is 0. The number of piperidine rings is 1. The lowest BCUT2D eigenvalue weighted by molar-refractivity contribution is 0.0640. The fraction of sp³-hybridized carbons (Fsp3) is 0.545. The molecular weight excluding hydrogens is 354 g/mol. The van der Waals surface area contributed by atoms with E-state index in [0.29, 0.717) is 6.04 Å². The summed E-state index contributed by atoms with van der Waals surface area (Å²) in [5, 5.41) is 0. The minimum Gasteiger partial charge on any atom is -0.335 e. The first kappa shape index (κ1) is 12.6. The van der Waals surface area contributed by atoms with Crippen molar-refractivity contribution in [2.24, 2.45) is 0 Å². The molecule has 2 rings (SSSR count). The third-order valence-corrected chi connectivity index (χ3v) is 6.16. The second-order valence-corrected chi connectivity index (χ2v) is 7.30. The Balaban J connectivity index is 2.17. The molecule has 1 aliphatic heterocycles. The van der Waals surface area contributed by atoms with Crippen molar-refractivity contribution in [3.63, 3.8) is 0 Å². The Kier molecular flexibility index (Phi) is 4.08. The zero-order valence-electron chi connectivity index (χ0n) is 9.00. The average molecular weight is 367 g/mol. The molecule has 1 aliphatic rings. The summed E-state index contributed by atoms with van der Waals surface area (Å²) in [4.78, 5) is 15.1. The Morgan fingerprint density at radius 1 is 1.50 bits per heavy atom. The van der Waals surface area contributed by atoms with Crippen LogP contribution in [0.25, 0.3) is 0 Å². The molecule has 1 aromatic heterocycles. The first-order valence-electron chi connectivity index (χ1n) is 5.35. The van der Waals surface area contributed by atoms with Crippen molar-refractivity contribution in [3.8, 4) is 0 Å². The molecule has 0 aromatic carbocycles. The van der Waals surface area contributed by atoms with Gasteiger partial charge in [0.15, 0.2) is 0 Å². The van der Waals surface area contributed by atoms with Gasteiger partial charge in [-0.3, -0.25) is 4.79 Å². The summed E-state index contributed by atoms with van der Waals surface area (Å²) >= 11 is 8.34. The molecule has 1 aromatic rings. The van der Waals surface area contributed by atoms with Gasteiger partial charge < -0.3 is 4.90 Å².